The highest BCUT2D eigenvalue weighted by molar-refractivity contribution is 7.91. The lowest BCUT2D eigenvalue weighted by molar-refractivity contribution is 0.459. The van der Waals surface area contributed by atoms with Gasteiger partial charge in [0.25, 0.3) is 0 Å². The summed E-state index contributed by atoms with van der Waals surface area (Å²) in [5, 5.41) is 0. The number of ether oxygens (including phenoxy) is 1. The molecule has 4 aromatic rings. The number of hydrogen-bond donors (Lipinski definition) is 1. The van der Waals surface area contributed by atoms with Gasteiger partial charge in [0.2, 0.25) is 15.9 Å². The lowest BCUT2D eigenvalue weighted by Crippen LogP contribution is -2.15. The lowest BCUT2D eigenvalue weighted by Gasteiger charge is -2.10. The summed E-state index contributed by atoms with van der Waals surface area (Å²) >= 11 is 0. The summed E-state index contributed by atoms with van der Waals surface area (Å²) in [4.78, 5) is 12.6. The molecule has 0 atom stereocenters. The molecule has 164 valence electrons. The molecule has 0 spiro atoms. The maximum Gasteiger partial charge on any atom is 0.236 e. The highest BCUT2D eigenvalue weighted by Crippen LogP contribution is 2.24. The number of anilines is 1. The van der Waals surface area contributed by atoms with Crippen LogP contribution in [0.3, 0.4) is 0 Å². The molecule has 11 heteroatoms. The monoisotopic (exact) mass is 457 g/mol. The summed E-state index contributed by atoms with van der Waals surface area (Å²) < 4.78 is 61.1. The number of imidazole rings is 1. The van der Waals surface area contributed by atoms with Crippen LogP contribution in [0.2, 0.25) is 0 Å². The molecule has 0 saturated heterocycles. The first-order valence-electron chi connectivity index (χ1n) is 9.33. The number of nitrogens with zero attached hydrogens (tertiary/aromatic N) is 4. The van der Waals surface area contributed by atoms with E-state index in [2.05, 4.69) is 19.7 Å². The molecule has 0 aliphatic heterocycles. The summed E-state index contributed by atoms with van der Waals surface area (Å²) in [7, 11) is -3.88. The van der Waals surface area contributed by atoms with Crippen molar-refractivity contribution in [1.29, 1.82) is 0 Å². The largest absolute Gasteiger partial charge is 0.439 e. The minimum absolute atomic E-state index is 0.00258. The van der Waals surface area contributed by atoms with Gasteiger partial charge in [-0.1, -0.05) is 0 Å². The van der Waals surface area contributed by atoms with Gasteiger partial charge in [-0.3, -0.25) is 9.29 Å². The van der Waals surface area contributed by atoms with Gasteiger partial charge in [0.05, 0.1) is 5.75 Å². The second kappa shape index (κ2) is 8.71. The van der Waals surface area contributed by atoms with Crippen molar-refractivity contribution in [2.24, 2.45) is 0 Å². The predicted octanol–water partition coefficient (Wildman–Crippen LogP) is 3.98. The number of hydrogen-bond acceptors (Lipinski definition) is 6. The van der Waals surface area contributed by atoms with Crippen molar-refractivity contribution in [3.63, 3.8) is 0 Å². The minimum atomic E-state index is -3.88. The lowest BCUT2D eigenvalue weighted by atomic mass is 10.2. The Labute approximate surface area is 182 Å². The van der Waals surface area contributed by atoms with Gasteiger partial charge in [0, 0.05) is 30.2 Å². The fourth-order valence-corrected chi connectivity index (χ4v) is 4.12. The summed E-state index contributed by atoms with van der Waals surface area (Å²) in [6.07, 6.45) is 4.97. The molecule has 1 N–H and O–H groups in total. The van der Waals surface area contributed by atoms with E-state index < -0.39 is 27.4 Å². The number of benzene rings is 2. The van der Waals surface area contributed by atoms with Gasteiger partial charge < -0.3 is 4.74 Å². The van der Waals surface area contributed by atoms with Crippen LogP contribution >= 0.6 is 0 Å². The quantitative estimate of drug-likeness (QED) is 0.451. The van der Waals surface area contributed by atoms with Crippen LogP contribution in [-0.4, -0.2) is 27.9 Å². The third-order valence-electron chi connectivity index (χ3n) is 4.20. The summed E-state index contributed by atoms with van der Waals surface area (Å²) in [5.74, 6) is -0.428. The van der Waals surface area contributed by atoms with E-state index in [9.17, 15) is 17.2 Å². The Morgan fingerprint density at radius 2 is 1.75 bits per heavy atom. The van der Waals surface area contributed by atoms with Crippen molar-refractivity contribution >= 4 is 15.7 Å². The molecule has 32 heavy (non-hydrogen) atoms. The van der Waals surface area contributed by atoms with Crippen molar-refractivity contribution in [3.05, 3.63) is 90.3 Å². The van der Waals surface area contributed by atoms with Gasteiger partial charge in [0.15, 0.2) is 0 Å². The highest BCUT2D eigenvalue weighted by Gasteiger charge is 2.14. The normalized spacial score (nSPS) is 11.3. The summed E-state index contributed by atoms with van der Waals surface area (Å²) in [6, 6.07) is 10.4. The smallest absolute Gasteiger partial charge is 0.236 e. The van der Waals surface area contributed by atoms with Gasteiger partial charge in [0.1, 0.15) is 35.4 Å². The zero-order chi connectivity index (χ0) is 22.7. The topological polar surface area (TPSA) is 99.0 Å². The third kappa shape index (κ3) is 5.43. The van der Waals surface area contributed by atoms with E-state index in [1.807, 2.05) is 0 Å². The predicted molar refractivity (Wildman–Crippen MR) is 113 cm³/mol. The first-order valence-corrected chi connectivity index (χ1v) is 11.0. The fourth-order valence-electron chi connectivity index (χ4n) is 2.95. The molecular formula is C21H17F2N5O3S. The van der Waals surface area contributed by atoms with Crippen molar-refractivity contribution < 1.29 is 21.9 Å². The van der Waals surface area contributed by atoms with Crippen LogP contribution in [-0.2, 0) is 15.8 Å². The molecule has 0 bridgehead atoms. The van der Waals surface area contributed by atoms with E-state index in [0.29, 0.717) is 29.3 Å². The average molecular weight is 457 g/mol. The van der Waals surface area contributed by atoms with Crippen molar-refractivity contribution in [3.8, 4) is 17.4 Å². The minimum Gasteiger partial charge on any atom is -0.439 e. The van der Waals surface area contributed by atoms with E-state index in [1.165, 1.54) is 12.1 Å². The fraction of sp³-hybridized carbons (Fsp3) is 0.0952. The SMILES string of the molecule is Cc1nc(Oc2ccc(NS(=O)(=O)Cc3cc(F)cc(F)c3)cc2)cc(-n2ccnc2)n1. The molecular weight excluding hydrogens is 440 g/mol. The van der Waals surface area contributed by atoms with Crippen molar-refractivity contribution in [1.82, 2.24) is 19.5 Å². The molecule has 8 nitrogen and oxygen atoms in total. The number of rotatable bonds is 7. The number of nitrogens with one attached hydrogen (secondary N) is 1. The summed E-state index contributed by atoms with van der Waals surface area (Å²) in [5.41, 5.74) is 0.273. The molecule has 0 radical (unpaired) electrons. The first kappa shape index (κ1) is 21.4. The Balaban J connectivity index is 1.45. The first-order chi connectivity index (χ1) is 15.3. The van der Waals surface area contributed by atoms with E-state index in [4.69, 9.17) is 4.74 Å². The molecule has 2 aromatic carbocycles. The average Bonchev–Trinajstić information content (AvgIpc) is 3.22. The Morgan fingerprint density at radius 3 is 2.41 bits per heavy atom. The zero-order valence-corrected chi connectivity index (χ0v) is 17.6. The van der Waals surface area contributed by atoms with Gasteiger partial charge in [-0.2, -0.15) is 4.98 Å². The number of aromatic nitrogens is 4. The molecule has 0 aliphatic carbocycles. The maximum atomic E-state index is 13.3. The molecule has 4 rings (SSSR count). The van der Waals surface area contributed by atoms with E-state index >= 15 is 0 Å². The van der Waals surface area contributed by atoms with Crippen LogP contribution in [0.15, 0.2) is 67.3 Å². The van der Waals surface area contributed by atoms with Gasteiger partial charge >= 0.3 is 0 Å². The summed E-state index contributed by atoms with van der Waals surface area (Å²) in [6.45, 7) is 1.73. The number of halogens is 2. The standard InChI is InChI=1S/C21H17F2N5O3S/c1-14-25-20(28-7-6-24-13-28)11-21(26-14)31-19-4-2-18(3-5-19)27-32(29,30)12-15-8-16(22)10-17(23)9-15/h2-11,13,27H,12H2,1H3. The highest BCUT2D eigenvalue weighted by atomic mass is 32.2. The van der Waals surface area contributed by atoms with Crippen molar-refractivity contribution in [2.75, 3.05) is 4.72 Å². The molecule has 0 aliphatic rings. The molecule has 0 amide bonds. The third-order valence-corrected chi connectivity index (χ3v) is 5.46. The van der Waals surface area contributed by atoms with Crippen LogP contribution in [0.25, 0.3) is 5.82 Å². The molecule has 0 unspecified atom stereocenters. The van der Waals surface area contributed by atoms with Crippen LogP contribution in [0, 0.1) is 18.6 Å². The van der Waals surface area contributed by atoms with Gasteiger partial charge in [-0.15, -0.1) is 0 Å². The molecule has 0 saturated carbocycles. The maximum absolute atomic E-state index is 13.3. The number of aryl methyl sites for hydroxylation is 1. The molecule has 2 aromatic heterocycles. The second-order valence-electron chi connectivity index (χ2n) is 6.85. The Hall–Kier alpha value is -3.86. The molecule has 0 fully saturated rings. The number of sulfonamides is 1. The van der Waals surface area contributed by atoms with Crippen LogP contribution in [0.4, 0.5) is 14.5 Å². The Bertz CT molecular complexity index is 1320. The zero-order valence-electron chi connectivity index (χ0n) is 16.7. The van der Waals surface area contributed by atoms with Crippen LogP contribution < -0.4 is 9.46 Å². The van der Waals surface area contributed by atoms with Crippen LogP contribution in [0.5, 0.6) is 11.6 Å². The second-order valence-corrected chi connectivity index (χ2v) is 8.57. The van der Waals surface area contributed by atoms with E-state index in [1.54, 1.807) is 48.4 Å². The molecule has 2 heterocycles. The Kier molecular flexibility index (Phi) is 5.82. The van der Waals surface area contributed by atoms with Crippen molar-refractivity contribution in [2.45, 2.75) is 12.7 Å². The van der Waals surface area contributed by atoms with E-state index in [-0.39, 0.29) is 11.3 Å². The van der Waals surface area contributed by atoms with Gasteiger partial charge in [-0.25, -0.2) is 27.2 Å². The van der Waals surface area contributed by atoms with Gasteiger partial charge in [-0.05, 0) is 48.9 Å². The Morgan fingerprint density at radius 1 is 1.03 bits per heavy atom. The van der Waals surface area contributed by atoms with E-state index in [0.717, 1.165) is 12.1 Å². The van der Waals surface area contributed by atoms with Crippen LogP contribution in [0.1, 0.15) is 11.4 Å².